The minimum absolute atomic E-state index is 0.0322. The van der Waals surface area contributed by atoms with Gasteiger partial charge >= 0.3 is 6.09 Å². The van der Waals surface area contributed by atoms with Crippen molar-refractivity contribution in [2.75, 3.05) is 26.6 Å². The van der Waals surface area contributed by atoms with E-state index in [1.165, 1.54) is 25.5 Å². The summed E-state index contributed by atoms with van der Waals surface area (Å²) in [5, 5.41) is 8.49. The number of carbonyl (C=O) groups is 2. The van der Waals surface area contributed by atoms with E-state index in [2.05, 4.69) is 0 Å². The van der Waals surface area contributed by atoms with Gasteiger partial charge in [-0.05, 0) is 6.66 Å². The molecule has 0 spiro atoms. The first-order valence-corrected chi connectivity index (χ1v) is 8.33. The molecule has 0 bridgehead atoms. The summed E-state index contributed by atoms with van der Waals surface area (Å²) >= 11 is 6.23. The Hall–Kier alpha value is -0.100. The predicted molar refractivity (Wildman–Crippen MR) is 60.5 cm³/mol. The highest BCUT2D eigenvalue weighted by Gasteiger charge is 2.18. The molecule has 0 aromatic heterocycles. The summed E-state index contributed by atoms with van der Waals surface area (Å²) in [5.41, 5.74) is -1.99. The van der Waals surface area contributed by atoms with Crippen LogP contribution >= 0.6 is 16.8 Å². The smallest absolute Gasteiger partial charge is 0.413 e. The van der Waals surface area contributed by atoms with Gasteiger partial charge in [0, 0.05) is 14.2 Å². The van der Waals surface area contributed by atoms with Crippen molar-refractivity contribution in [3.05, 3.63) is 0 Å². The summed E-state index contributed by atoms with van der Waals surface area (Å²) in [4.78, 5) is 22.2. The maximum absolute atomic E-state index is 11.2. The standard InChI is InChI=1S/C6H12NO4PS2/c1-7(6(9)10)5(8)4-14-12(3,13)11-2/h4H2,1-3H3,(H,9,10). The molecule has 0 saturated heterocycles. The average Bonchev–Trinajstić information content (AvgIpc) is 2.13. The van der Waals surface area contributed by atoms with Crippen LogP contribution in [-0.2, 0) is 21.1 Å². The van der Waals surface area contributed by atoms with Crippen LogP contribution < -0.4 is 0 Å². The van der Waals surface area contributed by atoms with E-state index in [4.69, 9.17) is 21.4 Å². The van der Waals surface area contributed by atoms with E-state index in [1.807, 2.05) is 0 Å². The topological polar surface area (TPSA) is 66.8 Å². The van der Waals surface area contributed by atoms with Crippen molar-refractivity contribution in [2.24, 2.45) is 0 Å². The number of rotatable bonds is 4. The van der Waals surface area contributed by atoms with Crippen LogP contribution in [0.5, 0.6) is 0 Å². The van der Waals surface area contributed by atoms with E-state index in [0.29, 0.717) is 4.90 Å². The second-order valence-corrected chi connectivity index (χ2v) is 10.6. The zero-order valence-corrected chi connectivity index (χ0v) is 10.6. The molecule has 14 heavy (non-hydrogen) atoms. The second-order valence-electron chi connectivity index (χ2n) is 2.46. The fraction of sp³-hybridized carbons (Fsp3) is 0.667. The average molecular weight is 257 g/mol. The van der Waals surface area contributed by atoms with Gasteiger partial charge in [-0.1, -0.05) is 23.2 Å². The van der Waals surface area contributed by atoms with Crippen LogP contribution in [0.25, 0.3) is 0 Å². The highest BCUT2D eigenvalue weighted by atomic mass is 32.9. The molecule has 0 aromatic carbocycles. The van der Waals surface area contributed by atoms with Crippen molar-refractivity contribution >= 4 is 40.7 Å². The molecule has 1 N–H and O–H groups in total. The van der Waals surface area contributed by atoms with Gasteiger partial charge in [0.05, 0.1) is 5.75 Å². The Morgan fingerprint density at radius 1 is 1.64 bits per heavy atom. The van der Waals surface area contributed by atoms with Crippen LogP contribution in [0.15, 0.2) is 0 Å². The van der Waals surface area contributed by atoms with Crippen LogP contribution in [0.3, 0.4) is 0 Å². The summed E-state index contributed by atoms with van der Waals surface area (Å²) in [5.74, 6) is -0.458. The molecule has 5 nitrogen and oxygen atoms in total. The summed E-state index contributed by atoms with van der Waals surface area (Å²) in [6.45, 7) is 1.74. The van der Waals surface area contributed by atoms with Crippen LogP contribution in [-0.4, -0.2) is 48.6 Å². The number of hydrogen-bond acceptors (Lipinski definition) is 5. The molecule has 0 aliphatic heterocycles. The first-order valence-electron chi connectivity index (χ1n) is 3.57. The third-order valence-corrected chi connectivity index (χ3v) is 6.56. The van der Waals surface area contributed by atoms with Crippen molar-refractivity contribution in [1.29, 1.82) is 0 Å². The zero-order valence-electron chi connectivity index (χ0n) is 8.09. The van der Waals surface area contributed by atoms with Crippen LogP contribution in [0.1, 0.15) is 0 Å². The van der Waals surface area contributed by atoms with E-state index in [9.17, 15) is 9.59 Å². The molecule has 0 aliphatic rings. The predicted octanol–water partition coefficient (Wildman–Crippen LogP) is 1.44. The molecule has 0 heterocycles. The monoisotopic (exact) mass is 257 g/mol. The quantitative estimate of drug-likeness (QED) is 0.769. The SMILES string of the molecule is COP(C)(=S)SCC(=O)N(C)C(=O)O. The van der Waals surface area contributed by atoms with Crippen molar-refractivity contribution in [3.63, 3.8) is 0 Å². The van der Waals surface area contributed by atoms with Gasteiger partial charge in [-0.2, -0.15) is 0 Å². The lowest BCUT2D eigenvalue weighted by atomic mass is 10.6. The van der Waals surface area contributed by atoms with E-state index in [1.54, 1.807) is 6.66 Å². The Morgan fingerprint density at radius 3 is 2.50 bits per heavy atom. The van der Waals surface area contributed by atoms with Crippen LogP contribution in [0.4, 0.5) is 4.79 Å². The van der Waals surface area contributed by atoms with Crippen molar-refractivity contribution in [2.45, 2.75) is 0 Å². The molecule has 82 valence electrons. The van der Waals surface area contributed by atoms with Gasteiger partial charge in [-0.25, -0.2) is 9.69 Å². The Kier molecular flexibility index (Phi) is 5.66. The number of nitrogens with zero attached hydrogens (tertiary/aromatic N) is 1. The van der Waals surface area contributed by atoms with E-state index >= 15 is 0 Å². The molecule has 1 unspecified atom stereocenters. The van der Waals surface area contributed by atoms with Crippen molar-refractivity contribution in [3.8, 4) is 0 Å². The maximum atomic E-state index is 11.2. The first kappa shape index (κ1) is 13.9. The van der Waals surface area contributed by atoms with E-state index < -0.39 is 17.5 Å². The fourth-order valence-electron chi connectivity index (χ4n) is 0.429. The molecule has 0 aromatic rings. The molecule has 0 saturated carbocycles. The lowest BCUT2D eigenvalue weighted by molar-refractivity contribution is -0.125. The number of amides is 2. The van der Waals surface area contributed by atoms with E-state index in [-0.39, 0.29) is 5.75 Å². The molecule has 0 rings (SSSR count). The summed E-state index contributed by atoms with van der Waals surface area (Å²) in [7, 11) is 2.69. The van der Waals surface area contributed by atoms with Crippen LogP contribution in [0.2, 0.25) is 0 Å². The van der Waals surface area contributed by atoms with Gasteiger partial charge in [0.1, 0.15) is 5.47 Å². The second kappa shape index (κ2) is 5.70. The molecule has 1 atom stereocenters. The summed E-state index contributed by atoms with van der Waals surface area (Å²) in [6, 6.07) is 0. The van der Waals surface area contributed by atoms with Gasteiger partial charge in [0.2, 0.25) is 5.91 Å². The lowest BCUT2D eigenvalue weighted by Gasteiger charge is -2.15. The Balaban J connectivity index is 4.10. The molecule has 0 aliphatic carbocycles. The number of hydrogen-bond donors (Lipinski definition) is 1. The van der Waals surface area contributed by atoms with Gasteiger partial charge in [0.15, 0.2) is 0 Å². The van der Waals surface area contributed by atoms with Gasteiger partial charge in [0.25, 0.3) is 0 Å². The molecule has 8 heteroatoms. The van der Waals surface area contributed by atoms with Crippen LogP contribution in [0, 0.1) is 0 Å². The molecule has 0 fully saturated rings. The maximum Gasteiger partial charge on any atom is 0.413 e. The highest BCUT2D eigenvalue weighted by Crippen LogP contribution is 2.55. The molecular formula is C6H12NO4PS2. The van der Waals surface area contributed by atoms with Gasteiger partial charge < -0.3 is 9.63 Å². The number of carboxylic acid groups (broad SMARTS) is 1. The fourth-order valence-corrected chi connectivity index (χ4v) is 2.90. The number of imide groups is 1. The molecular weight excluding hydrogens is 245 g/mol. The Morgan fingerprint density at radius 2 is 2.14 bits per heavy atom. The van der Waals surface area contributed by atoms with Crippen molar-refractivity contribution < 1.29 is 19.2 Å². The third-order valence-electron chi connectivity index (χ3n) is 1.42. The largest absolute Gasteiger partial charge is 0.465 e. The summed E-state index contributed by atoms with van der Waals surface area (Å²) < 4.78 is 5.00. The minimum Gasteiger partial charge on any atom is -0.465 e. The minimum atomic E-state index is -1.99. The Labute approximate surface area is 91.6 Å². The van der Waals surface area contributed by atoms with E-state index in [0.717, 1.165) is 0 Å². The van der Waals surface area contributed by atoms with Crippen molar-refractivity contribution in [1.82, 2.24) is 4.90 Å². The first-order chi connectivity index (χ1) is 6.30. The lowest BCUT2D eigenvalue weighted by Crippen LogP contribution is -2.32. The number of carbonyl (C=O) groups excluding carboxylic acids is 1. The van der Waals surface area contributed by atoms with Gasteiger partial charge in [-0.15, -0.1) is 0 Å². The third kappa shape index (κ3) is 4.95. The van der Waals surface area contributed by atoms with Gasteiger partial charge in [-0.3, -0.25) is 4.79 Å². The highest BCUT2D eigenvalue weighted by molar-refractivity contribution is 8.69. The normalized spacial score (nSPS) is 14.5. The zero-order chi connectivity index (χ0) is 11.4. The summed E-state index contributed by atoms with van der Waals surface area (Å²) in [6.07, 6.45) is -1.27. The Bertz CT molecular complexity index is 283. The molecule has 0 radical (unpaired) electrons. The molecule has 2 amide bonds.